The van der Waals surface area contributed by atoms with Crippen molar-refractivity contribution in [2.24, 2.45) is 0 Å². The van der Waals surface area contributed by atoms with E-state index in [0.29, 0.717) is 18.1 Å². The van der Waals surface area contributed by atoms with E-state index >= 15 is 0 Å². The minimum absolute atomic E-state index is 0.0367. The van der Waals surface area contributed by atoms with Gasteiger partial charge < -0.3 is 9.80 Å². The third-order valence-corrected chi connectivity index (χ3v) is 6.91. The Morgan fingerprint density at radius 1 is 1.08 bits per heavy atom. The fourth-order valence-electron chi connectivity index (χ4n) is 2.70. The van der Waals surface area contributed by atoms with E-state index in [4.69, 9.17) is 0 Å². The summed E-state index contributed by atoms with van der Waals surface area (Å²) >= 11 is 0.976. The van der Waals surface area contributed by atoms with Crippen molar-refractivity contribution >= 4 is 37.5 Å². The van der Waals surface area contributed by atoms with E-state index in [1.165, 1.54) is 6.07 Å². The van der Waals surface area contributed by atoms with Crippen LogP contribution >= 0.6 is 11.3 Å². The molecule has 9 heteroatoms. The Morgan fingerprint density at radius 3 is 2.21 bits per heavy atom. The van der Waals surface area contributed by atoms with E-state index in [9.17, 15) is 18.5 Å². The van der Waals surface area contributed by atoms with Crippen LogP contribution < -0.4 is 9.80 Å². The van der Waals surface area contributed by atoms with Gasteiger partial charge in [0.1, 0.15) is 4.21 Å². The largest absolute Gasteiger partial charge is 0.368 e. The summed E-state index contributed by atoms with van der Waals surface area (Å²) in [6.07, 6.45) is 1.07. The molecule has 0 aliphatic carbocycles. The van der Waals surface area contributed by atoms with E-state index in [2.05, 4.69) is 4.90 Å². The monoisotopic (exact) mass is 367 g/mol. The van der Waals surface area contributed by atoms with Gasteiger partial charge in [0.15, 0.2) is 14.8 Å². The van der Waals surface area contributed by atoms with Crippen LogP contribution in [0.1, 0.15) is 0 Å². The highest BCUT2D eigenvalue weighted by Crippen LogP contribution is 2.40. The molecule has 0 atom stereocenters. The summed E-state index contributed by atoms with van der Waals surface area (Å²) in [6.45, 7) is 2.68. The zero-order valence-electron chi connectivity index (χ0n) is 13.1. The van der Waals surface area contributed by atoms with Gasteiger partial charge in [-0.1, -0.05) is 29.5 Å². The van der Waals surface area contributed by atoms with Crippen molar-refractivity contribution in [1.82, 2.24) is 0 Å². The number of sulfone groups is 1. The molecule has 24 heavy (non-hydrogen) atoms. The lowest BCUT2D eigenvalue weighted by atomic mass is 10.2. The quantitative estimate of drug-likeness (QED) is 0.609. The molecule has 1 aliphatic rings. The molecule has 1 aliphatic heterocycles. The summed E-state index contributed by atoms with van der Waals surface area (Å²) in [7, 11) is -3.45. The second-order valence-electron chi connectivity index (χ2n) is 5.59. The maximum atomic E-state index is 11.7. The Labute approximate surface area is 144 Å². The van der Waals surface area contributed by atoms with Crippen LogP contribution in [0.3, 0.4) is 0 Å². The molecule has 0 amide bonds. The van der Waals surface area contributed by atoms with Crippen LogP contribution in [0.5, 0.6) is 0 Å². The Hall–Kier alpha value is -2.13. The van der Waals surface area contributed by atoms with Crippen molar-refractivity contribution in [2.45, 2.75) is 4.21 Å². The summed E-state index contributed by atoms with van der Waals surface area (Å²) in [5, 5.41) is 11.7. The van der Waals surface area contributed by atoms with Gasteiger partial charge in [-0.05, 0) is 12.1 Å². The molecule has 1 fully saturated rings. The molecular weight excluding hydrogens is 350 g/mol. The maximum Gasteiger partial charge on any atom is 0.305 e. The molecule has 2 heterocycles. The first kappa shape index (κ1) is 16.7. The van der Waals surface area contributed by atoms with E-state index in [-0.39, 0.29) is 9.90 Å². The van der Waals surface area contributed by atoms with E-state index < -0.39 is 14.8 Å². The highest BCUT2D eigenvalue weighted by atomic mass is 32.2. The molecule has 0 saturated carbocycles. The fraction of sp³-hybridized carbons (Fsp3) is 0.333. The third-order valence-electron chi connectivity index (χ3n) is 3.92. The molecule has 1 saturated heterocycles. The van der Waals surface area contributed by atoms with Crippen LogP contribution in [-0.4, -0.2) is 45.8 Å². The smallest absolute Gasteiger partial charge is 0.305 e. The molecule has 1 aromatic carbocycles. The van der Waals surface area contributed by atoms with Crippen molar-refractivity contribution in [1.29, 1.82) is 0 Å². The van der Waals surface area contributed by atoms with Crippen molar-refractivity contribution < 1.29 is 13.3 Å². The summed E-state index contributed by atoms with van der Waals surface area (Å²) in [5.41, 5.74) is 0.989. The number of piperazine rings is 1. The molecule has 0 bridgehead atoms. The summed E-state index contributed by atoms with van der Waals surface area (Å²) < 4.78 is 23.4. The van der Waals surface area contributed by atoms with Crippen LogP contribution in [0.15, 0.2) is 40.6 Å². The van der Waals surface area contributed by atoms with E-state index in [0.717, 1.165) is 36.4 Å². The third kappa shape index (κ3) is 3.36. The molecule has 3 rings (SSSR count). The lowest BCUT2D eigenvalue weighted by molar-refractivity contribution is -0.383. The maximum absolute atomic E-state index is 11.7. The molecule has 2 aromatic rings. The Balaban J connectivity index is 1.81. The van der Waals surface area contributed by atoms with Gasteiger partial charge in [-0.15, -0.1) is 0 Å². The predicted octanol–water partition coefficient (Wildman–Crippen LogP) is 2.39. The number of anilines is 2. The molecule has 1 aromatic heterocycles. The van der Waals surface area contributed by atoms with Gasteiger partial charge >= 0.3 is 5.69 Å². The zero-order chi connectivity index (χ0) is 17.3. The van der Waals surface area contributed by atoms with Crippen LogP contribution in [-0.2, 0) is 9.84 Å². The van der Waals surface area contributed by atoms with Crippen molar-refractivity contribution in [2.75, 3.05) is 42.2 Å². The van der Waals surface area contributed by atoms with Crippen molar-refractivity contribution in [3.05, 3.63) is 46.5 Å². The average Bonchev–Trinajstić information content (AvgIpc) is 3.02. The number of rotatable bonds is 4. The van der Waals surface area contributed by atoms with Crippen molar-refractivity contribution in [3.8, 4) is 0 Å². The number of benzene rings is 1. The minimum atomic E-state index is -3.45. The number of para-hydroxylation sites is 1. The molecule has 0 radical (unpaired) electrons. The molecule has 0 unspecified atom stereocenters. The van der Waals surface area contributed by atoms with Crippen LogP contribution in [0, 0.1) is 10.1 Å². The fourth-order valence-corrected chi connectivity index (χ4v) is 4.78. The van der Waals surface area contributed by atoms with Gasteiger partial charge in [0.25, 0.3) is 0 Å². The van der Waals surface area contributed by atoms with Crippen molar-refractivity contribution in [3.63, 3.8) is 0 Å². The predicted molar refractivity (Wildman–Crippen MR) is 95.0 cm³/mol. The summed E-state index contributed by atoms with van der Waals surface area (Å²) in [4.78, 5) is 14.9. The summed E-state index contributed by atoms with van der Waals surface area (Å²) in [6, 6.07) is 11.1. The van der Waals surface area contributed by atoms with E-state index in [1.54, 1.807) is 0 Å². The lowest BCUT2D eigenvalue weighted by Crippen LogP contribution is -2.46. The van der Waals surface area contributed by atoms with Crippen LogP contribution in [0.25, 0.3) is 0 Å². The standard InChI is InChI=1S/C15H17N3O4S2/c1-24(21,22)14-11-13(18(19)20)15(23-14)17-9-7-16(8-10-17)12-5-3-2-4-6-12/h2-6,11H,7-10H2,1H3. The first-order valence-electron chi connectivity index (χ1n) is 7.39. The summed E-state index contributed by atoms with van der Waals surface area (Å²) in [5.74, 6) is 0. The van der Waals surface area contributed by atoms with Crippen LogP contribution in [0.4, 0.5) is 16.4 Å². The Morgan fingerprint density at radius 2 is 1.67 bits per heavy atom. The SMILES string of the molecule is CS(=O)(=O)c1cc([N+](=O)[O-])c(N2CCN(c3ccccc3)CC2)s1. The van der Waals surface area contributed by atoms with E-state index in [1.807, 2.05) is 35.2 Å². The first-order chi connectivity index (χ1) is 11.4. The molecule has 7 nitrogen and oxygen atoms in total. The zero-order valence-corrected chi connectivity index (χ0v) is 14.7. The number of hydrogen-bond donors (Lipinski definition) is 0. The molecule has 0 N–H and O–H groups in total. The second kappa shape index (κ2) is 6.40. The first-order valence-corrected chi connectivity index (χ1v) is 10.1. The number of nitrogens with zero attached hydrogens (tertiary/aromatic N) is 3. The van der Waals surface area contributed by atoms with Gasteiger partial charge in [0, 0.05) is 44.2 Å². The lowest BCUT2D eigenvalue weighted by Gasteiger charge is -2.36. The minimum Gasteiger partial charge on any atom is -0.368 e. The Bertz CT molecular complexity index is 841. The van der Waals surface area contributed by atoms with Gasteiger partial charge in [-0.3, -0.25) is 10.1 Å². The van der Waals surface area contributed by atoms with Gasteiger partial charge in [-0.2, -0.15) is 0 Å². The Kier molecular flexibility index (Phi) is 4.46. The second-order valence-corrected chi connectivity index (χ2v) is 8.87. The normalized spacial score (nSPS) is 15.5. The average molecular weight is 367 g/mol. The molecule has 128 valence electrons. The van der Waals surface area contributed by atoms with Gasteiger partial charge in [0.05, 0.1) is 4.92 Å². The highest BCUT2D eigenvalue weighted by Gasteiger charge is 2.29. The highest BCUT2D eigenvalue weighted by molar-refractivity contribution is 7.92. The van der Waals surface area contributed by atoms with Gasteiger partial charge in [0.2, 0.25) is 0 Å². The molecule has 0 spiro atoms. The molecular formula is C15H17N3O4S2. The van der Waals surface area contributed by atoms with Gasteiger partial charge in [-0.25, -0.2) is 8.42 Å². The van der Waals surface area contributed by atoms with Crippen LogP contribution in [0.2, 0.25) is 0 Å². The number of nitro groups is 1. The topological polar surface area (TPSA) is 83.8 Å². The number of thiophene rings is 1. The number of hydrogen-bond acceptors (Lipinski definition) is 7.